The second-order valence-electron chi connectivity index (χ2n) is 9.43. The number of amides is 1. The molecule has 0 aromatic heterocycles. The van der Waals surface area contributed by atoms with Crippen LogP contribution < -0.4 is 9.80 Å². The van der Waals surface area contributed by atoms with Crippen LogP contribution in [0.4, 0.5) is 11.4 Å². The van der Waals surface area contributed by atoms with Crippen molar-refractivity contribution >= 4 is 29.3 Å². The molecular formula is C31H37N3O4. The third kappa shape index (κ3) is 8.57. The van der Waals surface area contributed by atoms with E-state index >= 15 is 0 Å². The molecule has 3 aromatic carbocycles. The summed E-state index contributed by atoms with van der Waals surface area (Å²) in [4.78, 5) is 30.6. The fraction of sp³-hybridized carbons (Fsp3) is 0.290. The lowest BCUT2D eigenvalue weighted by Gasteiger charge is -2.24. The predicted octanol–water partition coefficient (Wildman–Crippen LogP) is 4.72. The van der Waals surface area contributed by atoms with Gasteiger partial charge in [0.05, 0.1) is 20.3 Å². The number of benzene rings is 3. The van der Waals surface area contributed by atoms with Gasteiger partial charge in [-0.05, 0) is 66.7 Å². The quantitative estimate of drug-likeness (QED) is 0.198. The first kappa shape index (κ1) is 28.6. The molecule has 3 aromatic rings. The number of likely N-dealkylation sites (N-methyl/N-ethyl adjacent to an activating group) is 1. The van der Waals surface area contributed by atoms with Gasteiger partial charge in [-0.25, -0.2) is 4.79 Å². The molecule has 1 amide bonds. The maximum absolute atomic E-state index is 13.3. The van der Waals surface area contributed by atoms with Crippen LogP contribution >= 0.6 is 0 Å². The summed E-state index contributed by atoms with van der Waals surface area (Å²) >= 11 is 0. The number of ether oxygens (including phenoxy) is 2. The molecule has 0 spiro atoms. The zero-order valence-electron chi connectivity index (χ0n) is 22.9. The maximum Gasteiger partial charge on any atom is 0.330 e. The van der Waals surface area contributed by atoms with Crippen molar-refractivity contribution in [2.45, 2.75) is 6.54 Å². The highest BCUT2D eigenvalue weighted by Crippen LogP contribution is 2.25. The van der Waals surface area contributed by atoms with Crippen molar-refractivity contribution in [1.29, 1.82) is 0 Å². The molecule has 38 heavy (non-hydrogen) atoms. The molecule has 0 N–H and O–H groups in total. The number of methoxy groups -OCH3 is 1. The molecule has 0 aliphatic rings. The van der Waals surface area contributed by atoms with E-state index in [-0.39, 0.29) is 12.5 Å². The Labute approximate surface area is 225 Å². The minimum absolute atomic E-state index is 0.0215. The molecule has 0 aliphatic carbocycles. The zero-order valence-corrected chi connectivity index (χ0v) is 22.9. The van der Waals surface area contributed by atoms with Crippen molar-refractivity contribution in [2.24, 2.45) is 0 Å². The summed E-state index contributed by atoms with van der Waals surface area (Å²) in [5.41, 5.74) is 5.90. The van der Waals surface area contributed by atoms with Gasteiger partial charge in [0, 0.05) is 38.1 Å². The van der Waals surface area contributed by atoms with Gasteiger partial charge in [-0.15, -0.1) is 0 Å². The lowest BCUT2D eigenvalue weighted by Crippen LogP contribution is -2.34. The Morgan fingerprint density at radius 3 is 2.11 bits per heavy atom. The van der Waals surface area contributed by atoms with Gasteiger partial charge in [-0.3, -0.25) is 4.79 Å². The highest BCUT2D eigenvalue weighted by atomic mass is 16.5. The van der Waals surface area contributed by atoms with Crippen LogP contribution in [0.3, 0.4) is 0 Å². The summed E-state index contributed by atoms with van der Waals surface area (Å²) in [6.45, 7) is 1.57. The largest absolute Gasteiger partial charge is 0.466 e. The first-order chi connectivity index (χ1) is 18.3. The molecule has 0 radical (unpaired) electrons. The molecule has 0 unspecified atom stereocenters. The van der Waals surface area contributed by atoms with Crippen molar-refractivity contribution in [3.8, 4) is 11.1 Å². The summed E-state index contributed by atoms with van der Waals surface area (Å²) in [6, 6.07) is 24.1. The van der Waals surface area contributed by atoms with Gasteiger partial charge in [0.25, 0.3) is 5.91 Å². The number of carbonyl (C=O) groups excluding carboxylic acids is 2. The monoisotopic (exact) mass is 515 g/mol. The van der Waals surface area contributed by atoms with Crippen molar-refractivity contribution in [2.75, 3.05) is 64.9 Å². The van der Waals surface area contributed by atoms with Crippen LogP contribution in [-0.2, 0) is 25.6 Å². The molecule has 3 rings (SSSR count). The lowest BCUT2D eigenvalue weighted by molar-refractivity contribution is -0.134. The highest BCUT2D eigenvalue weighted by Gasteiger charge is 2.17. The lowest BCUT2D eigenvalue weighted by atomic mass is 10.0. The Morgan fingerprint density at radius 1 is 0.842 bits per heavy atom. The van der Waals surface area contributed by atoms with Gasteiger partial charge >= 0.3 is 5.97 Å². The van der Waals surface area contributed by atoms with Crippen LogP contribution in [0.2, 0.25) is 0 Å². The minimum atomic E-state index is -0.436. The molecule has 0 heterocycles. The first-order valence-corrected chi connectivity index (χ1v) is 12.5. The van der Waals surface area contributed by atoms with Crippen LogP contribution in [0, 0.1) is 0 Å². The van der Waals surface area contributed by atoms with Gasteiger partial charge in [-0.1, -0.05) is 48.5 Å². The van der Waals surface area contributed by atoms with Crippen molar-refractivity contribution in [3.63, 3.8) is 0 Å². The molecule has 7 nitrogen and oxygen atoms in total. The van der Waals surface area contributed by atoms with E-state index in [1.54, 1.807) is 11.0 Å². The molecule has 0 fully saturated rings. The van der Waals surface area contributed by atoms with E-state index in [0.717, 1.165) is 40.2 Å². The average Bonchev–Trinajstić information content (AvgIpc) is 2.93. The molecule has 200 valence electrons. The van der Waals surface area contributed by atoms with Crippen molar-refractivity contribution in [3.05, 3.63) is 90.0 Å². The van der Waals surface area contributed by atoms with Gasteiger partial charge < -0.3 is 24.2 Å². The smallest absolute Gasteiger partial charge is 0.330 e. The van der Waals surface area contributed by atoms with Crippen LogP contribution in [0.25, 0.3) is 17.2 Å². The van der Waals surface area contributed by atoms with E-state index in [1.807, 2.05) is 69.5 Å². The van der Waals surface area contributed by atoms with Gasteiger partial charge in [-0.2, -0.15) is 0 Å². The molecular weight excluding hydrogens is 478 g/mol. The number of anilines is 2. The molecule has 0 bridgehead atoms. The summed E-state index contributed by atoms with van der Waals surface area (Å²) in [5, 5.41) is 0. The van der Waals surface area contributed by atoms with Crippen molar-refractivity contribution in [1.82, 2.24) is 4.90 Å². The average molecular weight is 516 g/mol. The van der Waals surface area contributed by atoms with Crippen molar-refractivity contribution < 1.29 is 19.1 Å². The van der Waals surface area contributed by atoms with Gasteiger partial charge in [0.1, 0.15) is 6.61 Å². The summed E-state index contributed by atoms with van der Waals surface area (Å²) in [6.07, 6.45) is 3.03. The van der Waals surface area contributed by atoms with E-state index in [9.17, 15) is 9.59 Å². The van der Waals surface area contributed by atoms with E-state index in [4.69, 9.17) is 4.74 Å². The van der Waals surface area contributed by atoms with Crippen LogP contribution in [0.1, 0.15) is 11.1 Å². The van der Waals surface area contributed by atoms with E-state index in [1.165, 1.54) is 13.2 Å². The number of nitrogens with zero attached hydrogens (tertiary/aromatic N) is 3. The number of hydrogen-bond acceptors (Lipinski definition) is 6. The van der Waals surface area contributed by atoms with Gasteiger partial charge in [0.15, 0.2) is 0 Å². The van der Waals surface area contributed by atoms with E-state index in [0.29, 0.717) is 13.2 Å². The summed E-state index contributed by atoms with van der Waals surface area (Å²) < 4.78 is 10.3. The number of hydrogen-bond donors (Lipinski definition) is 0. The minimum Gasteiger partial charge on any atom is -0.466 e. The van der Waals surface area contributed by atoms with E-state index in [2.05, 4.69) is 46.0 Å². The topological polar surface area (TPSA) is 62.3 Å². The molecule has 0 atom stereocenters. The molecule has 0 saturated heterocycles. The maximum atomic E-state index is 13.3. The number of rotatable bonds is 12. The van der Waals surface area contributed by atoms with E-state index < -0.39 is 5.97 Å². The van der Waals surface area contributed by atoms with Crippen LogP contribution in [0.15, 0.2) is 78.9 Å². The third-order valence-electron chi connectivity index (χ3n) is 6.02. The standard InChI is InChI=1S/C31H37N3O4/c1-32(2)19-20-38-23-30(35)34(29-8-6-7-24(21-29)11-18-31(36)37-5)22-25-9-12-26(13-10-25)27-14-16-28(17-15-27)33(3)4/h6-18,21H,19-20,22-23H2,1-5H3/b18-11+. The normalized spacial score (nSPS) is 11.1. The Balaban J connectivity index is 1.81. The van der Waals surface area contributed by atoms with Crippen LogP contribution in [-0.4, -0.2) is 71.8 Å². The third-order valence-corrected chi connectivity index (χ3v) is 6.02. The Morgan fingerprint density at radius 2 is 1.50 bits per heavy atom. The zero-order chi connectivity index (χ0) is 27.5. The Hall–Kier alpha value is -3.94. The fourth-order valence-corrected chi connectivity index (χ4v) is 3.77. The van der Waals surface area contributed by atoms with Crippen LogP contribution in [0.5, 0.6) is 0 Å². The number of esters is 1. The Bertz CT molecular complexity index is 1220. The highest BCUT2D eigenvalue weighted by molar-refractivity contribution is 5.95. The fourth-order valence-electron chi connectivity index (χ4n) is 3.77. The predicted molar refractivity (Wildman–Crippen MR) is 154 cm³/mol. The SMILES string of the molecule is COC(=O)/C=C/c1cccc(N(Cc2ccc(-c3ccc(N(C)C)cc3)cc2)C(=O)COCCN(C)C)c1. The second-order valence-corrected chi connectivity index (χ2v) is 9.43. The second kappa shape index (κ2) is 14.1. The molecule has 0 saturated carbocycles. The summed E-state index contributed by atoms with van der Waals surface area (Å²) in [7, 11) is 9.31. The van der Waals surface area contributed by atoms with Gasteiger partial charge in [0.2, 0.25) is 0 Å². The number of carbonyl (C=O) groups is 2. The Kier molecular flexibility index (Phi) is 10.6. The summed E-state index contributed by atoms with van der Waals surface area (Å²) in [5.74, 6) is -0.574. The first-order valence-electron chi connectivity index (χ1n) is 12.5. The molecule has 0 aliphatic heterocycles. The molecule has 7 heteroatoms.